The van der Waals surface area contributed by atoms with E-state index < -0.39 is 0 Å². The van der Waals surface area contributed by atoms with Crippen LogP contribution in [-0.2, 0) is 13.0 Å². The van der Waals surface area contributed by atoms with Gasteiger partial charge in [-0.3, -0.25) is 4.98 Å². The van der Waals surface area contributed by atoms with Crippen LogP contribution in [0.25, 0.3) is 0 Å². The van der Waals surface area contributed by atoms with Gasteiger partial charge in [0, 0.05) is 37.3 Å². The SMILES string of the molecule is Cc1nc(CCNCc2ccncc2Cl)cs1. The zero-order valence-corrected chi connectivity index (χ0v) is 11.2. The Balaban J connectivity index is 1.75. The number of halogens is 1. The lowest BCUT2D eigenvalue weighted by Crippen LogP contribution is -2.17. The van der Waals surface area contributed by atoms with Gasteiger partial charge in [0.05, 0.1) is 15.7 Å². The summed E-state index contributed by atoms with van der Waals surface area (Å²) in [5, 5.41) is 7.30. The molecule has 0 amide bonds. The van der Waals surface area contributed by atoms with Gasteiger partial charge >= 0.3 is 0 Å². The number of thiazole rings is 1. The van der Waals surface area contributed by atoms with Gasteiger partial charge in [-0.15, -0.1) is 11.3 Å². The van der Waals surface area contributed by atoms with Crippen LogP contribution in [0.5, 0.6) is 0 Å². The fourth-order valence-corrected chi connectivity index (χ4v) is 2.34. The van der Waals surface area contributed by atoms with E-state index in [-0.39, 0.29) is 0 Å². The van der Waals surface area contributed by atoms with Crippen molar-refractivity contribution < 1.29 is 0 Å². The molecule has 2 rings (SSSR count). The van der Waals surface area contributed by atoms with Crippen LogP contribution in [0.1, 0.15) is 16.3 Å². The Hall–Kier alpha value is -0.970. The molecule has 0 unspecified atom stereocenters. The molecule has 0 bridgehead atoms. The van der Waals surface area contributed by atoms with E-state index in [0.717, 1.165) is 35.8 Å². The molecule has 17 heavy (non-hydrogen) atoms. The van der Waals surface area contributed by atoms with E-state index in [1.807, 2.05) is 13.0 Å². The second-order valence-electron chi connectivity index (χ2n) is 3.75. The first kappa shape index (κ1) is 12.5. The van der Waals surface area contributed by atoms with Crippen molar-refractivity contribution in [2.75, 3.05) is 6.54 Å². The van der Waals surface area contributed by atoms with Gasteiger partial charge in [0.15, 0.2) is 0 Å². The van der Waals surface area contributed by atoms with Gasteiger partial charge in [-0.1, -0.05) is 11.6 Å². The summed E-state index contributed by atoms with van der Waals surface area (Å²) in [5.41, 5.74) is 2.23. The smallest absolute Gasteiger partial charge is 0.0897 e. The molecular weight excluding hydrogens is 254 g/mol. The monoisotopic (exact) mass is 267 g/mol. The lowest BCUT2D eigenvalue weighted by atomic mass is 10.2. The molecule has 2 aromatic rings. The van der Waals surface area contributed by atoms with Gasteiger partial charge in [0.2, 0.25) is 0 Å². The molecule has 0 aliphatic heterocycles. The highest BCUT2D eigenvalue weighted by atomic mass is 35.5. The van der Waals surface area contributed by atoms with Gasteiger partial charge in [0.25, 0.3) is 0 Å². The Morgan fingerprint density at radius 3 is 3.06 bits per heavy atom. The Kier molecular flexibility index (Phi) is 4.48. The molecule has 0 fully saturated rings. The molecule has 0 radical (unpaired) electrons. The molecule has 0 atom stereocenters. The molecule has 2 heterocycles. The summed E-state index contributed by atoms with van der Waals surface area (Å²) in [6.07, 6.45) is 4.38. The summed E-state index contributed by atoms with van der Waals surface area (Å²) in [5.74, 6) is 0. The molecular formula is C12H14ClN3S. The fourth-order valence-electron chi connectivity index (χ4n) is 1.51. The van der Waals surface area contributed by atoms with Crippen LogP contribution in [0, 0.1) is 6.92 Å². The molecule has 0 spiro atoms. The van der Waals surface area contributed by atoms with Gasteiger partial charge in [-0.2, -0.15) is 0 Å². The molecule has 90 valence electrons. The van der Waals surface area contributed by atoms with Crippen molar-refractivity contribution in [3.05, 3.63) is 45.1 Å². The van der Waals surface area contributed by atoms with Crippen LogP contribution in [-0.4, -0.2) is 16.5 Å². The first-order valence-electron chi connectivity index (χ1n) is 5.46. The molecule has 0 saturated heterocycles. The van der Waals surface area contributed by atoms with Crippen LogP contribution in [0.3, 0.4) is 0 Å². The summed E-state index contributed by atoms with van der Waals surface area (Å²) < 4.78 is 0. The molecule has 0 aliphatic rings. The van der Waals surface area contributed by atoms with E-state index >= 15 is 0 Å². The number of nitrogens with one attached hydrogen (secondary N) is 1. The number of hydrogen-bond acceptors (Lipinski definition) is 4. The first-order valence-corrected chi connectivity index (χ1v) is 6.71. The van der Waals surface area contributed by atoms with E-state index in [9.17, 15) is 0 Å². The van der Waals surface area contributed by atoms with E-state index in [2.05, 4.69) is 20.7 Å². The summed E-state index contributed by atoms with van der Waals surface area (Å²) in [6, 6.07) is 1.93. The zero-order valence-electron chi connectivity index (χ0n) is 9.61. The standard InChI is InChI=1S/C12H14ClN3S/c1-9-16-11(8-17-9)3-5-14-6-10-2-4-15-7-12(10)13/h2,4,7-8,14H,3,5-6H2,1H3. The van der Waals surface area contributed by atoms with E-state index in [1.54, 1.807) is 23.7 Å². The number of aromatic nitrogens is 2. The van der Waals surface area contributed by atoms with Gasteiger partial charge in [-0.25, -0.2) is 4.98 Å². The molecule has 2 aromatic heterocycles. The minimum atomic E-state index is 0.713. The van der Waals surface area contributed by atoms with Crippen LogP contribution in [0.2, 0.25) is 5.02 Å². The fraction of sp³-hybridized carbons (Fsp3) is 0.333. The molecule has 0 saturated carbocycles. The highest BCUT2D eigenvalue weighted by Gasteiger charge is 2.00. The molecule has 1 N–H and O–H groups in total. The van der Waals surface area contributed by atoms with Crippen LogP contribution in [0.4, 0.5) is 0 Å². The first-order chi connectivity index (χ1) is 8.25. The minimum absolute atomic E-state index is 0.713. The number of aryl methyl sites for hydroxylation is 1. The van der Waals surface area contributed by atoms with Crippen molar-refractivity contribution in [1.82, 2.24) is 15.3 Å². The molecule has 0 aromatic carbocycles. The summed E-state index contributed by atoms with van der Waals surface area (Å²) >= 11 is 7.70. The van der Waals surface area contributed by atoms with Gasteiger partial charge < -0.3 is 5.32 Å². The third-order valence-electron chi connectivity index (χ3n) is 2.40. The van der Waals surface area contributed by atoms with Gasteiger partial charge in [-0.05, 0) is 18.6 Å². The second-order valence-corrected chi connectivity index (χ2v) is 5.22. The van der Waals surface area contributed by atoms with E-state index in [4.69, 9.17) is 11.6 Å². The normalized spacial score (nSPS) is 10.7. The predicted octanol–water partition coefficient (Wildman–Crippen LogP) is 2.83. The largest absolute Gasteiger partial charge is 0.312 e. The number of pyridine rings is 1. The topological polar surface area (TPSA) is 37.8 Å². The number of hydrogen-bond donors (Lipinski definition) is 1. The van der Waals surface area contributed by atoms with E-state index in [0.29, 0.717) is 5.02 Å². The third-order valence-corrected chi connectivity index (χ3v) is 3.56. The Labute approximate surface area is 110 Å². The summed E-state index contributed by atoms with van der Waals surface area (Å²) in [4.78, 5) is 8.37. The Morgan fingerprint density at radius 1 is 1.47 bits per heavy atom. The molecule has 0 aliphatic carbocycles. The maximum Gasteiger partial charge on any atom is 0.0897 e. The van der Waals surface area contributed by atoms with Crippen molar-refractivity contribution in [1.29, 1.82) is 0 Å². The van der Waals surface area contributed by atoms with Crippen LogP contribution >= 0.6 is 22.9 Å². The maximum atomic E-state index is 6.01. The predicted molar refractivity (Wildman–Crippen MR) is 71.5 cm³/mol. The molecule has 3 nitrogen and oxygen atoms in total. The molecule has 5 heteroatoms. The van der Waals surface area contributed by atoms with Crippen molar-refractivity contribution in [3.8, 4) is 0 Å². The van der Waals surface area contributed by atoms with Crippen LogP contribution < -0.4 is 5.32 Å². The minimum Gasteiger partial charge on any atom is -0.312 e. The van der Waals surface area contributed by atoms with Crippen LogP contribution in [0.15, 0.2) is 23.8 Å². The van der Waals surface area contributed by atoms with Crippen molar-refractivity contribution in [2.24, 2.45) is 0 Å². The number of rotatable bonds is 5. The third kappa shape index (κ3) is 3.77. The summed E-state index contributed by atoms with van der Waals surface area (Å²) in [6.45, 7) is 3.70. The lowest BCUT2D eigenvalue weighted by molar-refractivity contribution is 0.680. The Bertz CT molecular complexity index is 484. The quantitative estimate of drug-likeness (QED) is 0.847. The highest BCUT2D eigenvalue weighted by molar-refractivity contribution is 7.09. The van der Waals surface area contributed by atoms with Crippen molar-refractivity contribution in [3.63, 3.8) is 0 Å². The van der Waals surface area contributed by atoms with Gasteiger partial charge in [0.1, 0.15) is 0 Å². The van der Waals surface area contributed by atoms with Crippen molar-refractivity contribution >= 4 is 22.9 Å². The highest BCUT2D eigenvalue weighted by Crippen LogP contribution is 2.12. The average molecular weight is 268 g/mol. The zero-order chi connectivity index (χ0) is 12.1. The number of nitrogens with zero attached hydrogens (tertiary/aromatic N) is 2. The van der Waals surface area contributed by atoms with Crippen molar-refractivity contribution in [2.45, 2.75) is 19.9 Å². The van der Waals surface area contributed by atoms with E-state index in [1.165, 1.54) is 0 Å². The lowest BCUT2D eigenvalue weighted by Gasteiger charge is -2.05. The summed E-state index contributed by atoms with van der Waals surface area (Å²) in [7, 11) is 0. The average Bonchev–Trinajstić information content (AvgIpc) is 2.73. The second kappa shape index (κ2) is 6.10. The Morgan fingerprint density at radius 2 is 2.35 bits per heavy atom. The maximum absolute atomic E-state index is 6.01.